The Morgan fingerprint density at radius 1 is 1.33 bits per heavy atom. The van der Waals surface area contributed by atoms with Crippen molar-refractivity contribution in [1.29, 1.82) is 0 Å². The van der Waals surface area contributed by atoms with Crippen LogP contribution in [0.3, 0.4) is 0 Å². The number of hydrogen-bond donors (Lipinski definition) is 2. The summed E-state index contributed by atoms with van der Waals surface area (Å²) in [5.74, 6) is 0. The lowest BCUT2D eigenvalue weighted by Gasteiger charge is -2.20. The highest BCUT2D eigenvalue weighted by Gasteiger charge is 2.13. The number of thiazole rings is 1. The minimum Gasteiger partial charge on any atom is -0.333 e. The average molecular weight is 263 g/mol. The SMILES string of the molecule is Cc1nc2ccc(NC(=O)NC(C)(C)C)cc2s1. The first-order valence-corrected chi connectivity index (χ1v) is 6.61. The molecule has 1 aromatic carbocycles. The van der Waals surface area contributed by atoms with E-state index in [4.69, 9.17) is 0 Å². The summed E-state index contributed by atoms with van der Waals surface area (Å²) in [6.45, 7) is 7.82. The molecule has 0 aliphatic carbocycles. The van der Waals surface area contributed by atoms with Gasteiger partial charge in [0, 0.05) is 11.2 Å². The first-order valence-electron chi connectivity index (χ1n) is 5.80. The van der Waals surface area contributed by atoms with E-state index in [-0.39, 0.29) is 11.6 Å². The Morgan fingerprint density at radius 3 is 2.72 bits per heavy atom. The summed E-state index contributed by atoms with van der Waals surface area (Å²) in [5, 5.41) is 6.72. The van der Waals surface area contributed by atoms with Crippen molar-refractivity contribution in [1.82, 2.24) is 10.3 Å². The van der Waals surface area contributed by atoms with Gasteiger partial charge in [0.25, 0.3) is 0 Å². The monoisotopic (exact) mass is 263 g/mol. The number of amides is 2. The van der Waals surface area contributed by atoms with E-state index in [2.05, 4.69) is 15.6 Å². The largest absolute Gasteiger partial charge is 0.333 e. The molecular formula is C13H17N3OS. The summed E-state index contributed by atoms with van der Waals surface area (Å²) in [6, 6.07) is 5.54. The first kappa shape index (κ1) is 12.8. The molecule has 0 unspecified atom stereocenters. The maximum atomic E-state index is 11.7. The van der Waals surface area contributed by atoms with Crippen LogP contribution in [0.4, 0.5) is 10.5 Å². The topological polar surface area (TPSA) is 54.0 Å². The lowest BCUT2D eigenvalue weighted by Crippen LogP contribution is -2.43. The molecule has 0 atom stereocenters. The number of aromatic nitrogens is 1. The molecule has 2 rings (SSSR count). The van der Waals surface area contributed by atoms with E-state index in [0.717, 1.165) is 20.9 Å². The second kappa shape index (κ2) is 4.57. The molecule has 0 fully saturated rings. The number of aryl methyl sites for hydroxylation is 1. The van der Waals surface area contributed by atoms with Crippen LogP contribution in [0.2, 0.25) is 0 Å². The van der Waals surface area contributed by atoms with Crippen molar-refractivity contribution in [2.45, 2.75) is 33.2 Å². The van der Waals surface area contributed by atoms with Crippen LogP contribution in [-0.2, 0) is 0 Å². The zero-order valence-corrected chi connectivity index (χ0v) is 11.8. The lowest BCUT2D eigenvalue weighted by atomic mass is 10.1. The van der Waals surface area contributed by atoms with Gasteiger partial charge in [-0.15, -0.1) is 11.3 Å². The number of benzene rings is 1. The standard InChI is InChI=1S/C13H17N3OS/c1-8-14-10-6-5-9(7-11(10)18-8)15-12(17)16-13(2,3)4/h5-7H,1-4H3,(H2,15,16,17). The van der Waals surface area contributed by atoms with E-state index in [1.54, 1.807) is 11.3 Å². The highest BCUT2D eigenvalue weighted by molar-refractivity contribution is 7.18. The van der Waals surface area contributed by atoms with E-state index < -0.39 is 0 Å². The average Bonchev–Trinajstić information content (AvgIpc) is 2.53. The third kappa shape index (κ3) is 3.20. The molecule has 0 aliphatic rings. The Balaban J connectivity index is 2.14. The van der Waals surface area contributed by atoms with Gasteiger partial charge in [-0.1, -0.05) is 0 Å². The highest BCUT2D eigenvalue weighted by atomic mass is 32.1. The number of fused-ring (bicyclic) bond motifs is 1. The van der Waals surface area contributed by atoms with Gasteiger partial charge in [-0.05, 0) is 45.9 Å². The summed E-state index contributed by atoms with van der Waals surface area (Å²) in [5.41, 5.74) is 1.52. The maximum absolute atomic E-state index is 11.7. The van der Waals surface area contributed by atoms with Gasteiger partial charge in [0.05, 0.1) is 15.2 Å². The highest BCUT2D eigenvalue weighted by Crippen LogP contribution is 2.24. The Hall–Kier alpha value is -1.62. The van der Waals surface area contributed by atoms with Gasteiger partial charge in [0.15, 0.2) is 0 Å². The summed E-state index contributed by atoms with van der Waals surface area (Å²) in [6.07, 6.45) is 0. The third-order valence-corrected chi connectivity index (χ3v) is 3.18. The Morgan fingerprint density at radius 2 is 2.06 bits per heavy atom. The summed E-state index contributed by atoms with van der Waals surface area (Å²) >= 11 is 1.62. The molecular weight excluding hydrogens is 246 g/mol. The summed E-state index contributed by atoms with van der Waals surface area (Å²) < 4.78 is 1.08. The second-order valence-electron chi connectivity index (χ2n) is 5.24. The van der Waals surface area contributed by atoms with E-state index in [1.165, 1.54) is 0 Å². The van der Waals surface area contributed by atoms with Crippen LogP contribution in [0.25, 0.3) is 10.2 Å². The molecule has 0 saturated heterocycles. The van der Waals surface area contributed by atoms with Gasteiger partial charge in [-0.3, -0.25) is 0 Å². The first-order chi connectivity index (χ1) is 8.33. The van der Waals surface area contributed by atoms with Crippen molar-refractivity contribution >= 4 is 33.3 Å². The van der Waals surface area contributed by atoms with Gasteiger partial charge in [-0.2, -0.15) is 0 Å². The molecule has 96 valence electrons. The molecule has 0 radical (unpaired) electrons. The number of carbonyl (C=O) groups is 1. The second-order valence-corrected chi connectivity index (χ2v) is 6.48. The van der Waals surface area contributed by atoms with Crippen LogP contribution in [0.1, 0.15) is 25.8 Å². The van der Waals surface area contributed by atoms with E-state index >= 15 is 0 Å². The minimum atomic E-state index is -0.241. The fourth-order valence-corrected chi connectivity index (χ4v) is 2.49. The van der Waals surface area contributed by atoms with Crippen molar-refractivity contribution < 1.29 is 4.79 Å². The molecule has 0 saturated carbocycles. The smallest absolute Gasteiger partial charge is 0.319 e. The number of rotatable bonds is 1. The molecule has 0 bridgehead atoms. The van der Waals surface area contributed by atoms with Crippen molar-refractivity contribution in [3.05, 3.63) is 23.2 Å². The van der Waals surface area contributed by atoms with Crippen LogP contribution in [-0.4, -0.2) is 16.6 Å². The molecule has 1 aromatic heterocycles. The van der Waals surface area contributed by atoms with Crippen LogP contribution in [0.5, 0.6) is 0 Å². The van der Waals surface area contributed by atoms with Gasteiger partial charge in [0.2, 0.25) is 0 Å². The lowest BCUT2D eigenvalue weighted by molar-refractivity contribution is 0.244. The van der Waals surface area contributed by atoms with Crippen molar-refractivity contribution in [2.75, 3.05) is 5.32 Å². The van der Waals surface area contributed by atoms with Crippen molar-refractivity contribution in [3.8, 4) is 0 Å². The van der Waals surface area contributed by atoms with E-state index in [9.17, 15) is 4.79 Å². The zero-order valence-electron chi connectivity index (χ0n) is 11.0. The number of nitrogens with one attached hydrogen (secondary N) is 2. The summed E-state index contributed by atoms with van der Waals surface area (Å²) in [7, 11) is 0. The van der Waals surface area contributed by atoms with Gasteiger partial charge in [0.1, 0.15) is 0 Å². The van der Waals surface area contributed by atoms with Crippen LogP contribution in [0.15, 0.2) is 18.2 Å². The predicted molar refractivity (Wildman–Crippen MR) is 76.3 cm³/mol. The van der Waals surface area contributed by atoms with Gasteiger partial charge >= 0.3 is 6.03 Å². The molecule has 0 spiro atoms. The molecule has 5 heteroatoms. The van der Waals surface area contributed by atoms with E-state index in [1.807, 2.05) is 45.9 Å². The van der Waals surface area contributed by atoms with Crippen molar-refractivity contribution in [3.63, 3.8) is 0 Å². The zero-order chi connectivity index (χ0) is 13.3. The Labute approximate surface area is 110 Å². The van der Waals surface area contributed by atoms with Crippen LogP contribution >= 0.6 is 11.3 Å². The van der Waals surface area contributed by atoms with Gasteiger partial charge in [-0.25, -0.2) is 9.78 Å². The number of urea groups is 1. The number of carbonyl (C=O) groups excluding carboxylic acids is 1. The molecule has 4 nitrogen and oxygen atoms in total. The fourth-order valence-electron chi connectivity index (χ4n) is 1.62. The summed E-state index contributed by atoms with van der Waals surface area (Å²) in [4.78, 5) is 16.1. The number of nitrogens with zero attached hydrogens (tertiary/aromatic N) is 1. The predicted octanol–water partition coefficient (Wildman–Crippen LogP) is 3.52. The third-order valence-electron chi connectivity index (χ3n) is 2.24. The quantitative estimate of drug-likeness (QED) is 0.827. The molecule has 1 heterocycles. The van der Waals surface area contributed by atoms with Crippen LogP contribution in [0, 0.1) is 6.92 Å². The van der Waals surface area contributed by atoms with Crippen molar-refractivity contribution in [2.24, 2.45) is 0 Å². The molecule has 2 amide bonds. The molecule has 0 aliphatic heterocycles. The Kier molecular flexibility index (Phi) is 3.26. The molecule has 2 aromatic rings. The fraction of sp³-hybridized carbons (Fsp3) is 0.385. The van der Waals surface area contributed by atoms with E-state index in [0.29, 0.717) is 0 Å². The molecule has 2 N–H and O–H groups in total. The maximum Gasteiger partial charge on any atom is 0.319 e. The number of hydrogen-bond acceptors (Lipinski definition) is 3. The molecule has 18 heavy (non-hydrogen) atoms. The minimum absolute atomic E-state index is 0.192. The van der Waals surface area contributed by atoms with Gasteiger partial charge < -0.3 is 10.6 Å². The number of anilines is 1. The Bertz CT molecular complexity index is 583. The normalized spacial score (nSPS) is 11.6. The van der Waals surface area contributed by atoms with Crippen LogP contribution < -0.4 is 10.6 Å².